The van der Waals surface area contributed by atoms with E-state index in [1.54, 1.807) is 54.6 Å². The van der Waals surface area contributed by atoms with Crippen molar-refractivity contribution in [3.63, 3.8) is 0 Å². The standard InChI is InChI=1S/C23H19NO5/c1-13(2)24-23(27)17-11-14(7-9-18(17)25)19-10-8-15(28-19)12-21-22(26)16-5-3-4-6-20(16)29-21/h3-13,25H,1-2H3,(H,24,27)/b21-12-. The minimum Gasteiger partial charge on any atom is -0.507 e. The Morgan fingerprint density at radius 2 is 1.90 bits per heavy atom. The molecule has 0 saturated carbocycles. The van der Waals surface area contributed by atoms with Crippen LogP contribution < -0.4 is 10.1 Å². The number of Topliss-reactive ketones (excluding diaryl/α,β-unsaturated/α-hetero) is 1. The highest BCUT2D eigenvalue weighted by Gasteiger charge is 2.27. The largest absolute Gasteiger partial charge is 0.507 e. The van der Waals surface area contributed by atoms with Crippen LogP contribution in [0.15, 0.2) is 64.8 Å². The van der Waals surface area contributed by atoms with Gasteiger partial charge in [-0.2, -0.15) is 0 Å². The van der Waals surface area contributed by atoms with Crippen LogP contribution in [0.4, 0.5) is 0 Å². The Labute approximate surface area is 167 Å². The van der Waals surface area contributed by atoms with Gasteiger partial charge >= 0.3 is 0 Å². The van der Waals surface area contributed by atoms with Gasteiger partial charge in [0.15, 0.2) is 5.76 Å². The predicted octanol–water partition coefficient (Wildman–Crippen LogP) is 4.41. The van der Waals surface area contributed by atoms with E-state index in [0.29, 0.717) is 28.4 Å². The molecule has 0 fully saturated rings. The Morgan fingerprint density at radius 1 is 1.10 bits per heavy atom. The van der Waals surface area contributed by atoms with Gasteiger partial charge in [0.2, 0.25) is 5.78 Å². The second-order valence-corrected chi connectivity index (χ2v) is 7.00. The van der Waals surface area contributed by atoms with E-state index in [4.69, 9.17) is 9.15 Å². The number of ketones is 1. The van der Waals surface area contributed by atoms with Gasteiger partial charge in [-0.15, -0.1) is 0 Å². The molecular weight excluding hydrogens is 370 g/mol. The van der Waals surface area contributed by atoms with Crippen LogP contribution in [0.5, 0.6) is 11.5 Å². The number of amides is 1. The molecule has 2 aromatic carbocycles. The monoisotopic (exact) mass is 389 g/mol. The molecule has 0 aliphatic carbocycles. The van der Waals surface area contributed by atoms with E-state index in [-0.39, 0.29) is 34.8 Å². The fourth-order valence-electron chi connectivity index (χ4n) is 3.06. The number of carbonyl (C=O) groups is 2. The fourth-order valence-corrected chi connectivity index (χ4v) is 3.06. The molecule has 0 radical (unpaired) electrons. The van der Waals surface area contributed by atoms with E-state index in [1.807, 2.05) is 13.8 Å². The number of phenolic OH excluding ortho intramolecular Hbond substituents is 1. The summed E-state index contributed by atoms with van der Waals surface area (Å²) in [4.78, 5) is 24.7. The van der Waals surface area contributed by atoms with Crippen molar-refractivity contribution < 1.29 is 23.8 Å². The lowest BCUT2D eigenvalue weighted by Crippen LogP contribution is -2.30. The van der Waals surface area contributed by atoms with Gasteiger partial charge < -0.3 is 19.6 Å². The summed E-state index contributed by atoms with van der Waals surface area (Å²) >= 11 is 0. The summed E-state index contributed by atoms with van der Waals surface area (Å²) in [5, 5.41) is 12.8. The molecule has 0 saturated heterocycles. The average molecular weight is 389 g/mol. The van der Waals surface area contributed by atoms with Crippen molar-refractivity contribution in [3.8, 4) is 22.8 Å². The Bertz CT molecular complexity index is 1140. The van der Waals surface area contributed by atoms with E-state index in [2.05, 4.69) is 5.32 Å². The molecule has 0 bridgehead atoms. The number of benzene rings is 2. The van der Waals surface area contributed by atoms with E-state index in [0.717, 1.165) is 0 Å². The molecule has 1 aliphatic heterocycles. The summed E-state index contributed by atoms with van der Waals surface area (Å²) in [7, 11) is 0. The van der Waals surface area contributed by atoms with Gasteiger partial charge in [0.05, 0.1) is 11.1 Å². The number of phenols is 1. The molecule has 1 aliphatic rings. The van der Waals surface area contributed by atoms with Crippen molar-refractivity contribution in [3.05, 3.63) is 77.2 Å². The number of allylic oxidation sites excluding steroid dienone is 1. The summed E-state index contributed by atoms with van der Waals surface area (Å²) in [6.45, 7) is 3.69. The van der Waals surface area contributed by atoms with Crippen molar-refractivity contribution in [1.82, 2.24) is 5.32 Å². The highest BCUT2D eigenvalue weighted by atomic mass is 16.5. The summed E-state index contributed by atoms with van der Waals surface area (Å²) in [6.07, 6.45) is 1.54. The normalized spacial score (nSPS) is 14.2. The van der Waals surface area contributed by atoms with Crippen LogP contribution >= 0.6 is 0 Å². The average Bonchev–Trinajstić information content (AvgIpc) is 3.27. The summed E-state index contributed by atoms with van der Waals surface area (Å²) in [6, 6.07) is 15.1. The smallest absolute Gasteiger partial charge is 0.255 e. The number of rotatable bonds is 4. The molecule has 146 valence electrons. The second kappa shape index (κ2) is 7.31. The fraction of sp³-hybridized carbons (Fsp3) is 0.130. The third-order valence-electron chi connectivity index (χ3n) is 4.42. The topological polar surface area (TPSA) is 88.8 Å². The number of aromatic hydroxyl groups is 1. The van der Waals surface area contributed by atoms with Crippen LogP contribution in [0, 0.1) is 0 Å². The number of fused-ring (bicyclic) bond motifs is 1. The van der Waals surface area contributed by atoms with Crippen LogP contribution in [-0.2, 0) is 0 Å². The van der Waals surface area contributed by atoms with Gasteiger partial charge in [-0.3, -0.25) is 9.59 Å². The third-order valence-corrected chi connectivity index (χ3v) is 4.42. The first-order chi connectivity index (χ1) is 13.9. The predicted molar refractivity (Wildman–Crippen MR) is 108 cm³/mol. The van der Waals surface area contributed by atoms with Gasteiger partial charge in [0.1, 0.15) is 23.0 Å². The molecule has 2 N–H and O–H groups in total. The molecule has 3 aromatic rings. The van der Waals surface area contributed by atoms with Gasteiger partial charge in [-0.1, -0.05) is 12.1 Å². The number of hydrogen-bond acceptors (Lipinski definition) is 5. The third kappa shape index (κ3) is 3.65. The number of furan rings is 1. The first kappa shape index (κ1) is 18.6. The number of carbonyl (C=O) groups excluding carboxylic acids is 2. The van der Waals surface area contributed by atoms with Crippen LogP contribution in [0.3, 0.4) is 0 Å². The van der Waals surface area contributed by atoms with Crippen LogP contribution in [0.1, 0.15) is 40.3 Å². The Morgan fingerprint density at radius 3 is 2.66 bits per heavy atom. The number of hydrogen-bond donors (Lipinski definition) is 2. The van der Waals surface area contributed by atoms with Crippen molar-refractivity contribution in [2.45, 2.75) is 19.9 Å². The number of ether oxygens (including phenoxy) is 1. The van der Waals surface area contributed by atoms with E-state index >= 15 is 0 Å². The van der Waals surface area contributed by atoms with Gasteiger partial charge in [-0.25, -0.2) is 0 Å². The number of para-hydroxylation sites is 1. The minimum absolute atomic E-state index is 0.0551. The van der Waals surface area contributed by atoms with E-state index in [9.17, 15) is 14.7 Å². The van der Waals surface area contributed by atoms with Crippen molar-refractivity contribution in [2.24, 2.45) is 0 Å². The quantitative estimate of drug-likeness (QED) is 0.646. The van der Waals surface area contributed by atoms with Gasteiger partial charge in [0.25, 0.3) is 5.91 Å². The molecule has 6 nitrogen and oxygen atoms in total. The van der Waals surface area contributed by atoms with E-state index < -0.39 is 0 Å². The first-order valence-corrected chi connectivity index (χ1v) is 9.20. The molecule has 0 spiro atoms. The minimum atomic E-state index is -0.365. The van der Waals surface area contributed by atoms with Gasteiger partial charge in [-0.05, 0) is 56.3 Å². The molecule has 0 atom stereocenters. The second-order valence-electron chi connectivity index (χ2n) is 7.00. The van der Waals surface area contributed by atoms with Crippen molar-refractivity contribution in [1.29, 1.82) is 0 Å². The Balaban J connectivity index is 1.60. The molecular formula is C23H19NO5. The van der Waals surface area contributed by atoms with Crippen molar-refractivity contribution >= 4 is 17.8 Å². The Hall–Kier alpha value is -3.80. The zero-order valence-electron chi connectivity index (χ0n) is 15.9. The molecule has 1 amide bonds. The molecule has 6 heteroatoms. The van der Waals surface area contributed by atoms with Crippen molar-refractivity contribution in [2.75, 3.05) is 0 Å². The molecule has 2 heterocycles. The maximum absolute atomic E-state index is 12.4. The maximum Gasteiger partial charge on any atom is 0.255 e. The summed E-state index contributed by atoms with van der Waals surface area (Å²) in [5.74, 6) is 0.982. The Kier molecular flexibility index (Phi) is 4.68. The maximum atomic E-state index is 12.4. The van der Waals surface area contributed by atoms with Gasteiger partial charge in [0, 0.05) is 17.7 Å². The highest BCUT2D eigenvalue weighted by Crippen LogP contribution is 2.33. The molecule has 4 rings (SSSR count). The zero-order chi connectivity index (χ0) is 20.5. The summed E-state index contributed by atoms with van der Waals surface area (Å²) < 4.78 is 11.4. The number of nitrogens with one attached hydrogen (secondary N) is 1. The lowest BCUT2D eigenvalue weighted by atomic mass is 10.1. The SMILES string of the molecule is CC(C)NC(=O)c1cc(-c2ccc(/C=C3\Oc4ccccc4C3=O)o2)ccc1O. The lowest BCUT2D eigenvalue weighted by molar-refractivity contribution is 0.0939. The van der Waals surface area contributed by atoms with Crippen LogP contribution in [-0.4, -0.2) is 22.8 Å². The van der Waals surface area contributed by atoms with E-state index in [1.165, 1.54) is 6.07 Å². The highest BCUT2D eigenvalue weighted by molar-refractivity contribution is 6.14. The first-order valence-electron chi connectivity index (χ1n) is 9.20. The summed E-state index contributed by atoms with van der Waals surface area (Å²) in [5.41, 5.74) is 1.31. The molecule has 29 heavy (non-hydrogen) atoms. The van der Waals surface area contributed by atoms with Crippen LogP contribution in [0.25, 0.3) is 17.4 Å². The van der Waals surface area contributed by atoms with Crippen LogP contribution in [0.2, 0.25) is 0 Å². The zero-order valence-corrected chi connectivity index (χ0v) is 15.9. The molecule has 1 aromatic heterocycles. The lowest BCUT2D eigenvalue weighted by Gasteiger charge is -2.10. The molecule has 0 unspecified atom stereocenters.